The lowest BCUT2D eigenvalue weighted by Gasteiger charge is -2.45. The Hall–Kier alpha value is -3.38. The lowest BCUT2D eigenvalue weighted by molar-refractivity contribution is 0.0606. The largest absolute Gasteiger partial charge is 0.339 e. The molecule has 12 heteroatoms. The number of hydrogen-bond acceptors (Lipinski definition) is 5. The smallest absolute Gasteiger partial charge is 0.255 e. The SMILES string of the molecule is Cc1nc2ccccc2n1C1C[C@H]2CC[C@@H](C1)N2CCC1(c2cccc(F)c2)CCN(C(=O)c2cc(S(N)(=O)=O)c(F)cc2Cl)CC1. The van der Waals surface area contributed by atoms with Crippen molar-refractivity contribution < 1.29 is 22.0 Å². The zero-order valence-electron chi connectivity index (χ0n) is 26.2. The number of amides is 1. The summed E-state index contributed by atoms with van der Waals surface area (Å²) < 4.78 is 55.2. The van der Waals surface area contributed by atoms with E-state index in [1.165, 1.54) is 11.6 Å². The number of aromatic nitrogens is 2. The van der Waals surface area contributed by atoms with E-state index in [0.29, 0.717) is 44.1 Å². The highest BCUT2D eigenvalue weighted by Crippen LogP contribution is 2.45. The summed E-state index contributed by atoms with van der Waals surface area (Å²) in [5, 5.41) is 4.99. The molecule has 2 N–H and O–H groups in total. The molecule has 0 aliphatic carbocycles. The van der Waals surface area contributed by atoms with Gasteiger partial charge in [-0.3, -0.25) is 9.69 Å². The van der Waals surface area contributed by atoms with E-state index in [4.69, 9.17) is 21.7 Å². The number of benzene rings is 3. The molecule has 3 saturated heterocycles. The van der Waals surface area contributed by atoms with Crippen LogP contribution in [0.25, 0.3) is 11.0 Å². The summed E-state index contributed by atoms with van der Waals surface area (Å²) in [6.45, 7) is 3.68. The molecule has 4 heterocycles. The fourth-order valence-electron chi connectivity index (χ4n) is 8.51. The second-order valence-electron chi connectivity index (χ2n) is 13.4. The number of nitrogens with two attached hydrogens (primary N) is 1. The maximum Gasteiger partial charge on any atom is 0.255 e. The summed E-state index contributed by atoms with van der Waals surface area (Å²) in [5.41, 5.74) is 2.68. The third-order valence-electron chi connectivity index (χ3n) is 10.8. The maximum atomic E-state index is 14.6. The summed E-state index contributed by atoms with van der Waals surface area (Å²) in [6.07, 6.45) is 6.43. The van der Waals surface area contributed by atoms with Crippen LogP contribution in [0.5, 0.6) is 0 Å². The van der Waals surface area contributed by atoms with Gasteiger partial charge in [0.15, 0.2) is 0 Å². The number of carbonyl (C=O) groups is 1. The summed E-state index contributed by atoms with van der Waals surface area (Å²) in [6, 6.07) is 18.1. The highest BCUT2D eigenvalue weighted by atomic mass is 35.5. The fourth-order valence-corrected chi connectivity index (χ4v) is 9.35. The Bertz CT molecular complexity index is 1950. The zero-order chi connectivity index (χ0) is 33.1. The van der Waals surface area contributed by atoms with Crippen molar-refractivity contribution in [3.05, 3.63) is 94.3 Å². The molecule has 1 aromatic heterocycles. The van der Waals surface area contributed by atoms with Crippen LogP contribution in [0.15, 0.2) is 65.6 Å². The number of para-hydroxylation sites is 2. The average Bonchev–Trinajstić information content (AvgIpc) is 3.49. The van der Waals surface area contributed by atoms with Gasteiger partial charge >= 0.3 is 0 Å². The van der Waals surface area contributed by atoms with E-state index in [2.05, 4.69) is 34.6 Å². The molecule has 0 radical (unpaired) electrons. The normalized spacial score (nSPS) is 23.0. The van der Waals surface area contributed by atoms with Crippen molar-refractivity contribution in [1.82, 2.24) is 19.4 Å². The van der Waals surface area contributed by atoms with Crippen LogP contribution in [0.4, 0.5) is 8.78 Å². The summed E-state index contributed by atoms with van der Waals surface area (Å²) in [4.78, 5) is 21.9. The van der Waals surface area contributed by atoms with E-state index in [1.807, 2.05) is 12.1 Å². The van der Waals surface area contributed by atoms with Crippen molar-refractivity contribution in [3.63, 3.8) is 0 Å². The minimum atomic E-state index is -4.40. The van der Waals surface area contributed by atoms with E-state index in [0.717, 1.165) is 67.7 Å². The average molecular weight is 682 g/mol. The van der Waals surface area contributed by atoms with Gasteiger partial charge in [0.2, 0.25) is 10.0 Å². The molecule has 3 aliphatic heterocycles. The number of aryl methyl sites for hydroxylation is 1. The minimum Gasteiger partial charge on any atom is -0.339 e. The molecule has 0 spiro atoms. The molecule has 7 rings (SSSR count). The number of piperidine rings is 2. The van der Waals surface area contributed by atoms with Gasteiger partial charge in [0, 0.05) is 31.2 Å². The molecule has 1 amide bonds. The van der Waals surface area contributed by atoms with Gasteiger partial charge in [-0.25, -0.2) is 27.3 Å². The monoisotopic (exact) mass is 681 g/mol. The second-order valence-corrected chi connectivity index (χ2v) is 15.3. The molecule has 3 fully saturated rings. The Balaban J connectivity index is 1.09. The number of nitrogens with zero attached hydrogens (tertiary/aromatic N) is 4. The fraction of sp³-hybridized carbons (Fsp3) is 0.429. The van der Waals surface area contributed by atoms with E-state index in [1.54, 1.807) is 17.0 Å². The number of fused-ring (bicyclic) bond motifs is 3. The first kappa shape index (κ1) is 32.2. The first-order valence-corrected chi connectivity index (χ1v) is 18.1. The topological polar surface area (TPSA) is 102 Å². The molecule has 3 aromatic carbocycles. The predicted molar refractivity (Wildman–Crippen MR) is 177 cm³/mol. The van der Waals surface area contributed by atoms with Crippen LogP contribution in [0.3, 0.4) is 0 Å². The van der Waals surface area contributed by atoms with E-state index >= 15 is 0 Å². The van der Waals surface area contributed by atoms with Gasteiger partial charge in [0.1, 0.15) is 22.4 Å². The lowest BCUT2D eigenvalue weighted by Crippen LogP contribution is -2.49. The molecule has 1 unspecified atom stereocenters. The summed E-state index contributed by atoms with van der Waals surface area (Å²) in [5.74, 6) is -0.837. The third-order valence-corrected chi connectivity index (χ3v) is 12.1. The Morgan fingerprint density at radius 2 is 1.70 bits per heavy atom. The molecule has 2 bridgehead atoms. The predicted octanol–water partition coefficient (Wildman–Crippen LogP) is 6.36. The lowest BCUT2D eigenvalue weighted by atomic mass is 9.70. The Morgan fingerprint density at radius 3 is 2.38 bits per heavy atom. The first-order chi connectivity index (χ1) is 22.4. The number of primary sulfonamides is 1. The Labute approximate surface area is 278 Å². The van der Waals surface area contributed by atoms with Crippen LogP contribution in [-0.4, -0.2) is 65.4 Å². The number of sulfonamides is 1. The van der Waals surface area contributed by atoms with Crippen molar-refractivity contribution in [2.75, 3.05) is 19.6 Å². The van der Waals surface area contributed by atoms with E-state index < -0.39 is 26.6 Å². The quantitative estimate of drug-likeness (QED) is 0.245. The van der Waals surface area contributed by atoms with Crippen LogP contribution in [-0.2, 0) is 15.4 Å². The maximum absolute atomic E-state index is 14.6. The Morgan fingerprint density at radius 1 is 1.00 bits per heavy atom. The van der Waals surface area contributed by atoms with Gasteiger partial charge < -0.3 is 9.47 Å². The first-order valence-electron chi connectivity index (χ1n) is 16.2. The molecule has 248 valence electrons. The van der Waals surface area contributed by atoms with Crippen LogP contribution in [0.2, 0.25) is 5.02 Å². The van der Waals surface area contributed by atoms with Crippen LogP contribution >= 0.6 is 11.6 Å². The van der Waals surface area contributed by atoms with Gasteiger partial charge in [-0.15, -0.1) is 0 Å². The Kier molecular flexibility index (Phi) is 8.39. The molecule has 3 aliphatic rings. The van der Waals surface area contributed by atoms with Crippen molar-refractivity contribution in [1.29, 1.82) is 0 Å². The van der Waals surface area contributed by atoms with Gasteiger partial charge in [-0.05, 0) is 106 Å². The van der Waals surface area contributed by atoms with Gasteiger partial charge in [0.25, 0.3) is 5.91 Å². The molecule has 47 heavy (non-hydrogen) atoms. The molecule has 3 atom stereocenters. The summed E-state index contributed by atoms with van der Waals surface area (Å²) >= 11 is 6.21. The van der Waals surface area contributed by atoms with Crippen molar-refractivity contribution in [3.8, 4) is 0 Å². The second kappa shape index (κ2) is 12.3. The number of imidazole rings is 1. The summed E-state index contributed by atoms with van der Waals surface area (Å²) in [7, 11) is -4.40. The minimum absolute atomic E-state index is 0.115. The molecule has 4 aromatic rings. The molecule has 8 nitrogen and oxygen atoms in total. The van der Waals surface area contributed by atoms with Gasteiger partial charge in [-0.2, -0.15) is 0 Å². The van der Waals surface area contributed by atoms with Crippen LogP contribution < -0.4 is 5.14 Å². The van der Waals surface area contributed by atoms with E-state index in [9.17, 15) is 22.0 Å². The number of halogens is 3. The van der Waals surface area contributed by atoms with Gasteiger partial charge in [0.05, 0.1) is 21.6 Å². The van der Waals surface area contributed by atoms with Crippen molar-refractivity contribution >= 4 is 38.6 Å². The van der Waals surface area contributed by atoms with Gasteiger partial charge in [-0.1, -0.05) is 35.9 Å². The number of likely N-dealkylation sites (tertiary alicyclic amines) is 1. The van der Waals surface area contributed by atoms with Crippen LogP contribution in [0, 0.1) is 18.6 Å². The zero-order valence-corrected chi connectivity index (χ0v) is 27.8. The van der Waals surface area contributed by atoms with Crippen LogP contribution in [0.1, 0.15) is 72.7 Å². The highest BCUT2D eigenvalue weighted by molar-refractivity contribution is 7.89. The molecular formula is C35H38ClF2N5O3S. The number of rotatable bonds is 7. The van der Waals surface area contributed by atoms with E-state index in [-0.39, 0.29) is 21.8 Å². The highest BCUT2D eigenvalue weighted by Gasteiger charge is 2.44. The molecule has 0 saturated carbocycles. The number of carbonyl (C=O) groups excluding carboxylic acids is 1. The molecular weight excluding hydrogens is 644 g/mol. The standard InChI is InChI=1S/C35H38ClF2N5O3S/c1-22-40-31-7-2-3-8-32(31)43(22)27-18-25-9-10-26(19-27)42(25)16-13-35(23-5-4-6-24(37)17-23)11-14-41(15-12-35)34(44)28-20-33(47(39,45)46)30(38)21-29(28)36/h2-8,17,20-21,25-27H,9-16,18-19H2,1H3,(H2,39,45,46)/t25-,26+,27?. The third kappa shape index (κ3) is 5.96. The number of hydrogen-bond donors (Lipinski definition) is 1. The van der Waals surface area contributed by atoms with Crippen molar-refractivity contribution in [2.24, 2.45) is 5.14 Å². The van der Waals surface area contributed by atoms with Crippen molar-refractivity contribution in [2.45, 2.75) is 80.3 Å².